The van der Waals surface area contributed by atoms with Gasteiger partial charge in [-0.15, -0.1) is 0 Å². The zero-order valence-corrected chi connectivity index (χ0v) is 85.4. The zero-order valence-electron chi connectivity index (χ0n) is 85.4. The quantitative estimate of drug-likeness (QED) is 0.0272. The van der Waals surface area contributed by atoms with Crippen molar-refractivity contribution in [3.63, 3.8) is 0 Å². The molecular formula is C114H144BN11O14. The van der Waals surface area contributed by atoms with E-state index in [4.69, 9.17) is 48.2 Å². The first-order valence-electron chi connectivity index (χ1n) is 51.7. The van der Waals surface area contributed by atoms with Crippen LogP contribution >= 0.6 is 0 Å². The van der Waals surface area contributed by atoms with Gasteiger partial charge in [0, 0.05) is 62.8 Å². The van der Waals surface area contributed by atoms with Gasteiger partial charge < -0.3 is 63.1 Å². The van der Waals surface area contributed by atoms with Crippen molar-refractivity contribution in [3.8, 4) is 33.4 Å². The molecule has 140 heavy (non-hydrogen) atoms. The van der Waals surface area contributed by atoms with Gasteiger partial charge in [0.25, 0.3) is 0 Å². The van der Waals surface area contributed by atoms with Crippen LogP contribution in [0.5, 0.6) is 0 Å². The Hall–Kier alpha value is -11.4. The van der Waals surface area contributed by atoms with E-state index >= 15 is 0 Å². The Morgan fingerprint density at radius 2 is 0.779 bits per heavy atom. The summed E-state index contributed by atoms with van der Waals surface area (Å²) in [7, 11) is 4.98. The fraction of sp³-hybridized carbons (Fsp3) is 0.544. The SMILES string of the molecule is COC(=O)C[C@H](C(=O)N1CCC[C@H]1C1=NC=C(c2ccc(-c3ccc(-c4ccc5nc([C@@H]6CCCN6C(=O)[C@@H](NC(=O)OC)C(C)C)[nH]c5c4)c4c3CC3(CCCC3)C4)cc2)C1)C(C)C.COC(=O)C[C@H](C(=O)N1CCC[C@H]1C1=NC=C(c2ccc(-c3ccc(C)c4c3CC3(CCCC3)C4)cc2)C1)C(C)C.COC(=O)C[C@H](C(=O)N1CCC[C@H]1c1nc2ccc(B3OC(C)(C)C(C)(C)O3)cc2[nH]1)C(C)C. The number of aliphatic imine (C=N–C) groups is 2. The van der Waals surface area contributed by atoms with Crippen LogP contribution in [0.2, 0.25) is 0 Å². The number of benzene rings is 6. The molecular weight excluding hydrogens is 1760 g/mol. The average Bonchev–Trinajstić information content (AvgIpc) is 1.58. The van der Waals surface area contributed by atoms with E-state index in [1.54, 1.807) is 11.1 Å². The van der Waals surface area contributed by atoms with Crippen LogP contribution in [-0.4, -0.2) is 190 Å². The Morgan fingerprint density at radius 3 is 1.19 bits per heavy atom. The maximum atomic E-state index is 13.8. The van der Waals surface area contributed by atoms with Gasteiger partial charge in [-0.3, -0.25) is 43.5 Å². The summed E-state index contributed by atoms with van der Waals surface area (Å²) in [5.74, 6) is -0.695. The summed E-state index contributed by atoms with van der Waals surface area (Å²) in [5, 5.41) is 2.75. The first kappa shape index (κ1) is 100. The van der Waals surface area contributed by atoms with E-state index in [0.717, 1.165) is 144 Å². The molecule has 742 valence electrons. The number of nitrogens with zero attached hydrogens (tertiary/aromatic N) is 8. The highest BCUT2D eigenvalue weighted by atomic mass is 16.7. The fourth-order valence-electron chi connectivity index (χ4n) is 24.3. The number of hydrogen-bond donors (Lipinski definition) is 3. The molecule has 0 radical (unpaired) electrons. The minimum Gasteiger partial charge on any atom is -0.469 e. The molecule has 7 fully saturated rings. The van der Waals surface area contributed by atoms with Gasteiger partial charge >= 0.3 is 31.1 Å². The van der Waals surface area contributed by atoms with E-state index in [9.17, 15) is 38.4 Å². The molecule has 2 spiro atoms. The minimum atomic E-state index is -0.684. The maximum absolute atomic E-state index is 13.8. The summed E-state index contributed by atoms with van der Waals surface area (Å²) in [4.78, 5) is 137. The number of likely N-dealkylation sites (tertiary alicyclic amines) is 4. The van der Waals surface area contributed by atoms with E-state index in [0.29, 0.717) is 36.9 Å². The van der Waals surface area contributed by atoms with Crippen molar-refractivity contribution < 1.29 is 66.6 Å². The second-order valence-corrected chi connectivity index (χ2v) is 44.0. The second-order valence-electron chi connectivity index (χ2n) is 44.0. The molecule has 5 saturated heterocycles. The molecule has 6 aromatic carbocycles. The molecule has 26 heteroatoms. The summed E-state index contributed by atoms with van der Waals surface area (Å²) >= 11 is 0. The number of nitrogens with one attached hydrogen (secondary N) is 3. The third-order valence-corrected chi connectivity index (χ3v) is 33.3. The Bertz CT molecular complexity index is 6130. The lowest BCUT2D eigenvalue weighted by Crippen LogP contribution is -2.51. The van der Waals surface area contributed by atoms with Crippen molar-refractivity contribution in [3.05, 3.63) is 172 Å². The number of imidazole rings is 2. The van der Waals surface area contributed by atoms with Crippen LogP contribution in [0.1, 0.15) is 281 Å². The molecule has 11 aliphatic rings. The summed E-state index contributed by atoms with van der Waals surface area (Å²) in [6, 6.07) is 38.7. The fourth-order valence-corrected chi connectivity index (χ4v) is 24.3. The zero-order chi connectivity index (χ0) is 99.1. The number of methoxy groups -OCH3 is 4. The largest absolute Gasteiger partial charge is 0.494 e. The molecule has 0 unspecified atom stereocenters. The number of aromatic amines is 2. The highest BCUT2D eigenvalue weighted by Gasteiger charge is 2.53. The average molecular weight is 1900 g/mol. The number of esters is 3. The number of allylic oxidation sites excluding steroid dienone is 2. The van der Waals surface area contributed by atoms with Crippen LogP contribution in [-0.2, 0) is 87.5 Å². The number of carbonyl (C=O) groups excluding carboxylic acids is 8. The van der Waals surface area contributed by atoms with Crippen molar-refractivity contribution >= 4 is 105 Å². The topological polar surface area (TPSA) is 299 Å². The number of aromatic nitrogens is 4. The number of aryl methyl sites for hydroxylation is 1. The molecule has 8 atom stereocenters. The van der Waals surface area contributed by atoms with E-state index in [-0.39, 0.29) is 115 Å². The molecule has 25 nitrogen and oxygen atoms in total. The van der Waals surface area contributed by atoms with Gasteiger partial charge in [0.15, 0.2) is 0 Å². The van der Waals surface area contributed by atoms with Crippen molar-refractivity contribution in [2.45, 2.75) is 292 Å². The Kier molecular flexibility index (Phi) is 29.8. The normalized spacial score (nSPS) is 21.6. The standard InChI is InChI=1S/C53H64N6O6.C36H44N2O3.C25H36BN3O5/c1-31(2)39(27-47(60)64-5)50(61)58-23-9-11-45(58)44-26-36(30-54-44)33-13-15-34(16-14-33)37-18-19-38(41-29-53(28-40(37)41)21-7-8-22-53)35-17-20-42-43(25-35)56-49(55-42)46-12-10-24-59(46)51(62)48(32(3)4)57-52(63)65-6;1-23(2)29(19-34(39)41-4)35(40)38-17-7-8-33(38)32-18-27(22-37-32)25-10-12-26(13-11-25)28-14-9-24(3)30-20-36(21-31(28)30)15-5-6-16-36;1-15(2)17(14-21(30)32-7)23(31)29-12-8-9-20(29)22-27-18-11-10-16(13-19(18)28-22)26-33-24(3,4)25(5,6)34-26/h13-20,25,30-32,39,45-46,48H,7-12,21-24,26-29H2,1-6H3,(H,55,56)(H,57,63);9-14,22-23,29,33H,5-8,15-21H2,1-4H3;10-11,13,15,17,20H,8-9,12,14H2,1-7H3,(H,27,28)/t39-,45-,46-,48-;29-,33-;17-,20-/m000/s1. The molecule has 2 saturated carbocycles. The molecule has 7 aliphatic heterocycles. The summed E-state index contributed by atoms with van der Waals surface area (Å²) in [6.45, 7) is 28.9. The van der Waals surface area contributed by atoms with Gasteiger partial charge in [0.05, 0.1) is 123 Å². The van der Waals surface area contributed by atoms with E-state index in [1.165, 1.54) is 148 Å². The van der Waals surface area contributed by atoms with E-state index in [1.807, 2.05) is 133 Å². The van der Waals surface area contributed by atoms with Gasteiger partial charge in [-0.1, -0.05) is 166 Å². The van der Waals surface area contributed by atoms with Gasteiger partial charge in [-0.25, -0.2) is 14.8 Å². The van der Waals surface area contributed by atoms with Crippen molar-refractivity contribution in [1.29, 1.82) is 0 Å². The van der Waals surface area contributed by atoms with Gasteiger partial charge in [-0.2, -0.15) is 0 Å². The summed E-state index contributed by atoms with van der Waals surface area (Å²) in [6.07, 6.45) is 27.5. The number of fused-ring (bicyclic) bond motifs is 4. The predicted octanol–water partition coefficient (Wildman–Crippen LogP) is 20.3. The van der Waals surface area contributed by atoms with Crippen LogP contribution in [0.3, 0.4) is 0 Å². The molecule has 2 aromatic heterocycles. The van der Waals surface area contributed by atoms with Crippen LogP contribution in [0, 0.1) is 59.2 Å². The third kappa shape index (κ3) is 20.6. The molecule has 9 heterocycles. The second kappa shape index (κ2) is 41.7. The maximum Gasteiger partial charge on any atom is 0.494 e. The Morgan fingerprint density at radius 1 is 0.421 bits per heavy atom. The number of alkyl carbamates (subject to hydrolysis) is 1. The smallest absolute Gasteiger partial charge is 0.469 e. The van der Waals surface area contributed by atoms with Crippen LogP contribution < -0.4 is 10.8 Å². The van der Waals surface area contributed by atoms with Crippen molar-refractivity contribution in [2.75, 3.05) is 54.6 Å². The lowest BCUT2D eigenvalue weighted by molar-refractivity contribution is -0.148. The first-order valence-corrected chi connectivity index (χ1v) is 51.7. The number of H-pyrrole nitrogens is 2. The number of ether oxygens (including phenoxy) is 4. The first-order chi connectivity index (χ1) is 67.1. The van der Waals surface area contributed by atoms with Gasteiger partial charge in [0.1, 0.15) is 17.7 Å². The molecule has 4 aliphatic carbocycles. The minimum absolute atomic E-state index is 0.00692. The van der Waals surface area contributed by atoms with Crippen molar-refractivity contribution in [2.24, 2.45) is 62.2 Å². The number of amides is 5. The molecule has 3 N–H and O–H groups in total. The Labute approximate surface area is 825 Å². The lowest BCUT2D eigenvalue weighted by atomic mass is 9.79. The number of hydrogen-bond acceptors (Lipinski definition) is 18. The molecule has 5 amide bonds. The predicted molar refractivity (Wildman–Crippen MR) is 548 cm³/mol. The van der Waals surface area contributed by atoms with Crippen LogP contribution in [0.15, 0.2) is 132 Å². The molecule has 19 rings (SSSR count). The molecule has 0 bridgehead atoms. The van der Waals surface area contributed by atoms with E-state index < -0.39 is 42.3 Å². The summed E-state index contributed by atoms with van der Waals surface area (Å²) < 4.78 is 31.9. The van der Waals surface area contributed by atoms with E-state index in [2.05, 4.69) is 113 Å². The monoisotopic (exact) mass is 1900 g/mol. The van der Waals surface area contributed by atoms with Gasteiger partial charge in [0.2, 0.25) is 23.6 Å². The van der Waals surface area contributed by atoms with Crippen LogP contribution in [0.25, 0.3) is 66.6 Å². The molecule has 8 aromatic rings. The summed E-state index contributed by atoms with van der Waals surface area (Å²) in [5.41, 5.74) is 26.5. The number of rotatable bonds is 25. The number of carbonyl (C=O) groups is 8. The third-order valence-electron chi connectivity index (χ3n) is 33.3. The highest BCUT2D eigenvalue weighted by Crippen LogP contribution is 2.55. The highest BCUT2D eigenvalue weighted by molar-refractivity contribution is 6.62. The van der Waals surface area contributed by atoms with Gasteiger partial charge in [-0.05, 0) is 285 Å². The Balaban J connectivity index is 0.000000155. The lowest BCUT2D eigenvalue weighted by Gasteiger charge is -2.32. The van der Waals surface area contributed by atoms with Crippen LogP contribution in [0.4, 0.5) is 4.79 Å². The van der Waals surface area contributed by atoms with Crippen molar-refractivity contribution in [1.82, 2.24) is 44.9 Å².